The minimum absolute atomic E-state index is 0.188. The van der Waals surface area contributed by atoms with E-state index in [1.54, 1.807) is 6.08 Å². The van der Waals surface area contributed by atoms with E-state index in [-0.39, 0.29) is 12.5 Å². The smallest absolute Gasteiger partial charge is 0.220 e. The summed E-state index contributed by atoms with van der Waals surface area (Å²) in [5.74, 6) is -0.188. The van der Waals surface area contributed by atoms with Crippen LogP contribution in [-0.2, 0) is 14.3 Å². The lowest BCUT2D eigenvalue weighted by atomic mass is 9.99. The molecule has 6 N–H and O–H groups in total. The van der Waals surface area contributed by atoms with E-state index in [2.05, 4.69) is 104 Å². The lowest BCUT2D eigenvalue weighted by Crippen LogP contribution is -2.60. The number of allylic oxidation sites excluding steroid dienone is 15. The molecule has 0 aromatic heterocycles. The Morgan fingerprint density at radius 3 is 1.35 bits per heavy atom. The molecule has 1 rings (SSSR count). The monoisotopic (exact) mass is 952 g/mol. The predicted octanol–water partition coefficient (Wildman–Crippen LogP) is 13.2. The lowest BCUT2D eigenvalue weighted by molar-refractivity contribution is -0.302. The van der Waals surface area contributed by atoms with Crippen molar-refractivity contribution in [3.05, 3.63) is 97.2 Å². The Balaban J connectivity index is 2.22. The van der Waals surface area contributed by atoms with Crippen molar-refractivity contribution >= 4 is 5.91 Å². The summed E-state index contributed by atoms with van der Waals surface area (Å²) in [7, 11) is 0. The first-order valence-electron chi connectivity index (χ1n) is 27.5. The van der Waals surface area contributed by atoms with E-state index in [1.165, 1.54) is 96.3 Å². The molecular weight excluding hydrogens is 851 g/mol. The first-order valence-corrected chi connectivity index (χ1v) is 27.5. The van der Waals surface area contributed by atoms with Gasteiger partial charge in [0.05, 0.1) is 25.4 Å². The summed E-state index contributed by atoms with van der Waals surface area (Å²) in [6, 6.07) is -0.814. The molecule has 1 saturated heterocycles. The fourth-order valence-corrected chi connectivity index (χ4v) is 8.08. The molecule has 0 bridgehead atoms. The molecule has 0 aromatic carbocycles. The van der Waals surface area contributed by atoms with Crippen LogP contribution in [0.5, 0.6) is 0 Å². The second-order valence-electron chi connectivity index (χ2n) is 18.6. The van der Waals surface area contributed by atoms with Crippen molar-refractivity contribution in [1.29, 1.82) is 0 Å². The second-order valence-corrected chi connectivity index (χ2v) is 18.6. The summed E-state index contributed by atoms with van der Waals surface area (Å²) in [6.45, 7) is 3.65. The van der Waals surface area contributed by atoms with Gasteiger partial charge in [0.25, 0.3) is 0 Å². The summed E-state index contributed by atoms with van der Waals surface area (Å²) in [4.78, 5) is 13.0. The number of aliphatic hydroxyl groups is 5. The number of hydrogen-bond donors (Lipinski definition) is 6. The van der Waals surface area contributed by atoms with Gasteiger partial charge in [-0.15, -0.1) is 0 Å². The van der Waals surface area contributed by atoms with Crippen LogP contribution in [0, 0.1) is 0 Å². The first kappa shape index (κ1) is 63.1. The van der Waals surface area contributed by atoms with Gasteiger partial charge in [-0.2, -0.15) is 0 Å². The zero-order chi connectivity index (χ0) is 49.4. The Morgan fingerprint density at radius 2 is 0.912 bits per heavy atom. The van der Waals surface area contributed by atoms with Gasteiger partial charge in [-0.3, -0.25) is 4.79 Å². The highest BCUT2D eigenvalue weighted by Crippen LogP contribution is 2.23. The summed E-state index contributed by atoms with van der Waals surface area (Å²) >= 11 is 0. The average Bonchev–Trinajstić information content (AvgIpc) is 3.34. The zero-order valence-corrected chi connectivity index (χ0v) is 43.1. The standard InChI is InChI=1S/C59H101NO8/c1-3-5-7-9-11-13-15-17-19-20-21-22-23-24-25-26-27-28-29-30-31-32-33-34-35-37-39-41-43-45-47-49-55(63)60-52(51-67-59-58(66)57(65)56(64)54(50-61)68-59)53(62)48-46-44-42-40-38-36-18-16-14-12-10-8-6-4-2/h5,7,11,13,17,19,21-22,24-25,27-28,30-31,46,48,52-54,56-59,61-62,64-66H,3-4,6,8-10,12,14-16,18,20,23,26,29,32-45,47,49-51H2,1-2H3,(H,60,63)/b7-5-,13-11-,19-17-,22-21-,25-24-,28-27-,31-30-,48-46+. The molecule has 0 aliphatic carbocycles. The van der Waals surface area contributed by atoms with Gasteiger partial charge in [0.2, 0.25) is 5.91 Å². The Hall–Kier alpha value is -2.89. The van der Waals surface area contributed by atoms with Crippen molar-refractivity contribution in [2.75, 3.05) is 13.2 Å². The highest BCUT2D eigenvalue weighted by atomic mass is 16.7. The number of hydrogen-bond acceptors (Lipinski definition) is 8. The molecule has 0 aromatic rings. The van der Waals surface area contributed by atoms with Crippen molar-refractivity contribution in [2.24, 2.45) is 0 Å². The van der Waals surface area contributed by atoms with Gasteiger partial charge < -0.3 is 40.3 Å². The molecule has 7 unspecified atom stereocenters. The van der Waals surface area contributed by atoms with Gasteiger partial charge in [0, 0.05) is 6.42 Å². The minimum atomic E-state index is -1.57. The number of nitrogens with one attached hydrogen (secondary N) is 1. The maximum absolute atomic E-state index is 13.0. The molecule has 1 amide bonds. The third-order valence-corrected chi connectivity index (χ3v) is 12.4. The molecule has 0 radical (unpaired) electrons. The van der Waals surface area contributed by atoms with Crippen LogP contribution in [0.25, 0.3) is 0 Å². The number of amides is 1. The van der Waals surface area contributed by atoms with Crippen molar-refractivity contribution < 1.29 is 39.8 Å². The summed E-state index contributed by atoms with van der Waals surface area (Å²) in [6.07, 6.45) is 61.7. The van der Waals surface area contributed by atoms with Crippen LogP contribution in [0.1, 0.15) is 213 Å². The normalized spacial score (nSPS) is 20.4. The van der Waals surface area contributed by atoms with E-state index >= 15 is 0 Å². The molecule has 390 valence electrons. The Bertz CT molecular complexity index is 1380. The number of rotatable bonds is 45. The number of ether oxygens (including phenoxy) is 2. The summed E-state index contributed by atoms with van der Waals surface area (Å²) in [5, 5.41) is 54.4. The quantitative estimate of drug-likeness (QED) is 0.0261. The number of aliphatic hydroxyl groups excluding tert-OH is 5. The van der Waals surface area contributed by atoms with Crippen molar-refractivity contribution in [1.82, 2.24) is 5.32 Å². The molecule has 9 nitrogen and oxygen atoms in total. The third kappa shape index (κ3) is 37.0. The third-order valence-electron chi connectivity index (χ3n) is 12.4. The molecule has 68 heavy (non-hydrogen) atoms. The van der Waals surface area contributed by atoms with E-state index in [4.69, 9.17) is 9.47 Å². The van der Waals surface area contributed by atoms with Gasteiger partial charge in [-0.05, 0) is 77.0 Å². The van der Waals surface area contributed by atoms with Crippen LogP contribution in [0.2, 0.25) is 0 Å². The van der Waals surface area contributed by atoms with Gasteiger partial charge in [0.15, 0.2) is 6.29 Å². The SMILES string of the molecule is CC/C=C\C/C=C\C/C=C\C/C=C\C/C=C\C/C=C\C/C=C\CCCCCCCCCCCC(=O)NC(COC1OC(CO)C(O)C(O)C1O)C(O)/C=C/CCCCCCCCCCCCCC. The molecule has 1 aliphatic heterocycles. The van der Waals surface area contributed by atoms with E-state index in [0.29, 0.717) is 6.42 Å². The molecular formula is C59H101NO8. The van der Waals surface area contributed by atoms with Gasteiger partial charge >= 0.3 is 0 Å². The number of carbonyl (C=O) groups is 1. The fourth-order valence-electron chi connectivity index (χ4n) is 8.08. The number of carbonyl (C=O) groups excluding carboxylic acids is 1. The van der Waals surface area contributed by atoms with Gasteiger partial charge in [0.1, 0.15) is 24.4 Å². The van der Waals surface area contributed by atoms with Crippen molar-refractivity contribution in [3.8, 4) is 0 Å². The van der Waals surface area contributed by atoms with E-state index in [9.17, 15) is 30.3 Å². The molecule has 1 heterocycles. The maximum atomic E-state index is 13.0. The lowest BCUT2D eigenvalue weighted by Gasteiger charge is -2.40. The van der Waals surface area contributed by atoms with Gasteiger partial charge in [-0.25, -0.2) is 0 Å². The Kier molecular flexibility index (Phi) is 44.3. The van der Waals surface area contributed by atoms with E-state index < -0.39 is 49.5 Å². The summed E-state index contributed by atoms with van der Waals surface area (Å²) < 4.78 is 11.2. The molecule has 0 saturated carbocycles. The largest absolute Gasteiger partial charge is 0.394 e. The maximum Gasteiger partial charge on any atom is 0.220 e. The molecule has 1 aliphatic rings. The highest BCUT2D eigenvalue weighted by molar-refractivity contribution is 5.76. The highest BCUT2D eigenvalue weighted by Gasteiger charge is 2.44. The second kappa shape index (κ2) is 47.8. The van der Waals surface area contributed by atoms with Crippen molar-refractivity contribution in [3.63, 3.8) is 0 Å². The molecule has 1 fully saturated rings. The Morgan fingerprint density at radius 1 is 0.515 bits per heavy atom. The van der Waals surface area contributed by atoms with E-state index in [0.717, 1.165) is 96.3 Å². The van der Waals surface area contributed by atoms with Crippen LogP contribution in [0.3, 0.4) is 0 Å². The van der Waals surface area contributed by atoms with Crippen LogP contribution in [0.4, 0.5) is 0 Å². The zero-order valence-electron chi connectivity index (χ0n) is 43.1. The van der Waals surface area contributed by atoms with Crippen molar-refractivity contribution in [2.45, 2.75) is 256 Å². The molecule has 0 spiro atoms. The van der Waals surface area contributed by atoms with Crippen LogP contribution in [-0.4, -0.2) is 87.5 Å². The summed E-state index contributed by atoms with van der Waals surface area (Å²) in [5.41, 5.74) is 0. The van der Waals surface area contributed by atoms with Crippen LogP contribution in [0.15, 0.2) is 97.2 Å². The fraction of sp³-hybridized carbons (Fsp3) is 0.712. The average molecular weight is 952 g/mol. The van der Waals surface area contributed by atoms with Crippen LogP contribution >= 0.6 is 0 Å². The van der Waals surface area contributed by atoms with Crippen LogP contribution < -0.4 is 5.32 Å². The first-order chi connectivity index (χ1) is 33.3. The van der Waals surface area contributed by atoms with Gasteiger partial charge in [-0.1, -0.05) is 227 Å². The molecule has 9 heteroatoms. The number of unbranched alkanes of at least 4 members (excludes halogenated alkanes) is 21. The molecule has 7 atom stereocenters. The topological polar surface area (TPSA) is 149 Å². The van der Waals surface area contributed by atoms with E-state index in [1.807, 2.05) is 6.08 Å². The Labute approximate surface area is 415 Å². The minimum Gasteiger partial charge on any atom is -0.394 e. The predicted molar refractivity (Wildman–Crippen MR) is 285 cm³/mol.